The monoisotopic (exact) mass is 439 g/mol. The van der Waals surface area contributed by atoms with Gasteiger partial charge in [0.05, 0.1) is 13.7 Å². The SMILES string of the molecule is COC(=O)[C@@H]1CCCCOc2ccc(cc2)C[C@H](NCl)C(=O)N[C@@H](C(C)C)C(=O)N1. The van der Waals surface area contributed by atoms with Crippen LogP contribution in [-0.4, -0.2) is 49.6 Å². The number of nitrogens with one attached hydrogen (secondary N) is 3. The maximum Gasteiger partial charge on any atom is 0.328 e. The zero-order chi connectivity index (χ0) is 22.1. The number of carbonyl (C=O) groups excluding carboxylic acids is 3. The van der Waals surface area contributed by atoms with Crippen molar-refractivity contribution in [1.29, 1.82) is 0 Å². The van der Waals surface area contributed by atoms with Gasteiger partial charge >= 0.3 is 5.97 Å². The molecule has 2 heterocycles. The highest BCUT2D eigenvalue weighted by Crippen LogP contribution is 2.16. The Morgan fingerprint density at radius 1 is 1.17 bits per heavy atom. The van der Waals surface area contributed by atoms with E-state index in [0.717, 1.165) is 11.3 Å². The van der Waals surface area contributed by atoms with Gasteiger partial charge in [0.1, 0.15) is 23.9 Å². The van der Waals surface area contributed by atoms with Gasteiger partial charge in [0.15, 0.2) is 0 Å². The molecule has 3 atom stereocenters. The Hall–Kier alpha value is -2.32. The molecule has 9 heteroatoms. The lowest BCUT2D eigenvalue weighted by Crippen LogP contribution is -2.56. The van der Waals surface area contributed by atoms with Crippen molar-refractivity contribution in [2.45, 2.75) is 57.7 Å². The molecule has 2 amide bonds. The number of rotatable bonds is 3. The summed E-state index contributed by atoms with van der Waals surface area (Å²) in [5, 5.41) is 5.47. The highest BCUT2D eigenvalue weighted by Gasteiger charge is 2.31. The van der Waals surface area contributed by atoms with Gasteiger partial charge in [-0.15, -0.1) is 0 Å². The molecule has 1 aromatic carbocycles. The topological polar surface area (TPSA) is 106 Å². The standard InChI is InChI=1S/C21H30ClN3O5/c1-13(2)18-20(27)23-16(21(28)29-3)6-4-5-11-30-15-9-7-14(8-10-15)12-17(25-22)19(26)24-18/h7-10,13,16-18,25H,4-6,11-12H2,1-3H3,(H,23,27)(H,24,26)/t16-,17-,18-/m0/s1. The van der Waals surface area contributed by atoms with Gasteiger partial charge in [-0.1, -0.05) is 26.0 Å². The number of esters is 1. The van der Waals surface area contributed by atoms with Crippen LogP contribution < -0.4 is 20.2 Å². The summed E-state index contributed by atoms with van der Waals surface area (Å²) in [7, 11) is 1.28. The number of halogens is 1. The van der Waals surface area contributed by atoms with Crippen LogP contribution in [-0.2, 0) is 25.5 Å². The molecule has 3 N–H and O–H groups in total. The number of hydrogen-bond donors (Lipinski definition) is 3. The first kappa shape index (κ1) is 24.0. The quantitative estimate of drug-likeness (QED) is 0.489. The second-order valence-electron chi connectivity index (χ2n) is 7.67. The van der Waals surface area contributed by atoms with Crippen LogP contribution in [0.25, 0.3) is 0 Å². The zero-order valence-corrected chi connectivity index (χ0v) is 18.3. The second-order valence-corrected chi connectivity index (χ2v) is 7.89. The van der Waals surface area contributed by atoms with E-state index in [0.29, 0.717) is 32.3 Å². The van der Waals surface area contributed by atoms with E-state index in [1.54, 1.807) is 0 Å². The molecule has 0 aliphatic carbocycles. The van der Waals surface area contributed by atoms with E-state index < -0.39 is 35.9 Å². The van der Waals surface area contributed by atoms with E-state index in [1.807, 2.05) is 38.1 Å². The third-order valence-corrected chi connectivity index (χ3v) is 5.28. The summed E-state index contributed by atoms with van der Waals surface area (Å²) in [5.41, 5.74) is 0.899. The Labute approximate surface area is 182 Å². The highest BCUT2D eigenvalue weighted by atomic mass is 35.5. The van der Waals surface area contributed by atoms with Gasteiger partial charge in [0.25, 0.3) is 0 Å². The second kappa shape index (κ2) is 11.8. The molecule has 0 spiro atoms. The lowest BCUT2D eigenvalue weighted by atomic mass is 10.0. The third-order valence-electron chi connectivity index (χ3n) is 5.02. The number of carbonyl (C=O) groups is 3. The molecule has 0 aromatic heterocycles. The number of methoxy groups -OCH3 is 1. The first-order valence-electron chi connectivity index (χ1n) is 10.1. The average molecular weight is 440 g/mol. The number of hydrogen-bond acceptors (Lipinski definition) is 6. The van der Waals surface area contributed by atoms with E-state index in [-0.39, 0.29) is 5.92 Å². The Morgan fingerprint density at radius 3 is 2.47 bits per heavy atom. The Bertz CT molecular complexity index is 726. The molecule has 0 unspecified atom stereocenters. The summed E-state index contributed by atoms with van der Waals surface area (Å²) < 4.78 is 10.6. The number of amides is 2. The van der Waals surface area contributed by atoms with E-state index in [4.69, 9.17) is 21.3 Å². The van der Waals surface area contributed by atoms with Crippen molar-refractivity contribution in [2.75, 3.05) is 13.7 Å². The van der Waals surface area contributed by atoms with Crippen molar-refractivity contribution in [3.05, 3.63) is 29.8 Å². The fraction of sp³-hybridized carbons (Fsp3) is 0.571. The molecule has 0 radical (unpaired) electrons. The summed E-state index contributed by atoms with van der Waals surface area (Å²) in [6.45, 7) is 4.13. The molecule has 3 rings (SSSR count). The Balaban J connectivity index is 2.26. The van der Waals surface area contributed by atoms with Crippen LogP contribution in [0, 0.1) is 5.92 Å². The minimum atomic E-state index is -0.821. The molecule has 2 bridgehead atoms. The Morgan fingerprint density at radius 2 is 1.87 bits per heavy atom. The molecular weight excluding hydrogens is 410 g/mol. The summed E-state index contributed by atoms with van der Waals surface area (Å²) in [5.74, 6) is -0.838. The Kier molecular flexibility index (Phi) is 9.39. The zero-order valence-electron chi connectivity index (χ0n) is 17.6. The van der Waals surface area contributed by atoms with Crippen molar-refractivity contribution in [3.63, 3.8) is 0 Å². The van der Waals surface area contributed by atoms with Crippen LogP contribution in [0.1, 0.15) is 38.7 Å². The molecule has 0 saturated heterocycles. The first-order valence-corrected chi connectivity index (χ1v) is 10.5. The maximum absolute atomic E-state index is 12.9. The normalized spacial score (nSPS) is 23.8. The molecule has 30 heavy (non-hydrogen) atoms. The lowest BCUT2D eigenvalue weighted by Gasteiger charge is -2.26. The summed E-state index contributed by atoms with van der Waals surface area (Å²) in [6, 6.07) is 5.09. The van der Waals surface area contributed by atoms with Crippen LogP contribution >= 0.6 is 11.8 Å². The van der Waals surface area contributed by atoms with Crippen LogP contribution in [0.3, 0.4) is 0 Å². The molecule has 0 fully saturated rings. The minimum Gasteiger partial charge on any atom is -0.494 e. The van der Waals surface area contributed by atoms with E-state index in [9.17, 15) is 14.4 Å². The molecule has 8 nitrogen and oxygen atoms in total. The van der Waals surface area contributed by atoms with Gasteiger partial charge in [-0.2, -0.15) is 0 Å². The molecule has 2 aliphatic heterocycles. The largest absolute Gasteiger partial charge is 0.494 e. The average Bonchev–Trinajstić information content (AvgIpc) is 2.74. The van der Waals surface area contributed by atoms with Crippen LogP contribution in [0.2, 0.25) is 0 Å². The van der Waals surface area contributed by atoms with Gasteiger partial charge in [-0.3, -0.25) is 9.59 Å². The van der Waals surface area contributed by atoms with Gasteiger partial charge < -0.3 is 20.1 Å². The summed E-state index contributed by atoms with van der Waals surface area (Å²) in [4.78, 5) is 40.3. The van der Waals surface area contributed by atoms with Gasteiger partial charge in [-0.05, 0) is 61.1 Å². The van der Waals surface area contributed by atoms with Crippen molar-refractivity contribution < 1.29 is 23.9 Å². The third kappa shape index (κ3) is 6.88. The van der Waals surface area contributed by atoms with Crippen molar-refractivity contribution in [1.82, 2.24) is 15.5 Å². The minimum absolute atomic E-state index is 0.196. The molecule has 0 saturated carbocycles. The van der Waals surface area contributed by atoms with Crippen molar-refractivity contribution >= 4 is 29.6 Å². The molecule has 1 aromatic rings. The van der Waals surface area contributed by atoms with Crippen LogP contribution in [0.15, 0.2) is 24.3 Å². The molecule has 166 valence electrons. The smallest absolute Gasteiger partial charge is 0.328 e. The number of benzene rings is 1. The number of ether oxygens (including phenoxy) is 2. The van der Waals surface area contributed by atoms with E-state index in [1.165, 1.54) is 7.11 Å². The van der Waals surface area contributed by atoms with Crippen LogP contribution in [0.5, 0.6) is 5.75 Å². The van der Waals surface area contributed by atoms with Gasteiger partial charge in [-0.25, -0.2) is 9.63 Å². The summed E-state index contributed by atoms with van der Waals surface area (Å²) in [6.07, 6.45) is 2.13. The van der Waals surface area contributed by atoms with Gasteiger partial charge in [0, 0.05) is 0 Å². The highest BCUT2D eigenvalue weighted by molar-refractivity contribution is 6.15. The number of fused-ring (bicyclic) bond motifs is 14. The lowest BCUT2D eigenvalue weighted by molar-refractivity contribution is -0.145. The predicted octanol–water partition coefficient (Wildman–Crippen LogP) is 1.70. The first-order chi connectivity index (χ1) is 14.3. The van der Waals surface area contributed by atoms with E-state index >= 15 is 0 Å². The van der Waals surface area contributed by atoms with Crippen molar-refractivity contribution in [3.8, 4) is 5.75 Å². The van der Waals surface area contributed by atoms with Crippen LogP contribution in [0.4, 0.5) is 0 Å². The van der Waals surface area contributed by atoms with Gasteiger partial charge in [0.2, 0.25) is 11.8 Å². The van der Waals surface area contributed by atoms with Crippen molar-refractivity contribution in [2.24, 2.45) is 5.92 Å². The maximum atomic E-state index is 12.9. The fourth-order valence-corrected chi connectivity index (χ4v) is 3.40. The summed E-state index contributed by atoms with van der Waals surface area (Å²) >= 11 is 5.81. The fourth-order valence-electron chi connectivity index (χ4n) is 3.22. The molecular formula is C21H30ClN3O5. The molecule has 2 aliphatic rings. The van der Waals surface area contributed by atoms with E-state index in [2.05, 4.69) is 15.5 Å². The predicted molar refractivity (Wildman–Crippen MR) is 113 cm³/mol.